The third-order valence-electron chi connectivity index (χ3n) is 2.40. The number of ether oxygens (including phenoxy) is 2. The van der Waals surface area contributed by atoms with Gasteiger partial charge in [0.1, 0.15) is 0 Å². The summed E-state index contributed by atoms with van der Waals surface area (Å²) in [5, 5.41) is 2.67. The van der Waals surface area contributed by atoms with Crippen molar-refractivity contribution in [3.05, 3.63) is 35.4 Å². The van der Waals surface area contributed by atoms with Gasteiger partial charge < -0.3 is 14.8 Å². The van der Waals surface area contributed by atoms with Crippen molar-refractivity contribution < 1.29 is 19.1 Å². The van der Waals surface area contributed by atoms with Gasteiger partial charge in [0, 0.05) is 19.2 Å². The third-order valence-corrected chi connectivity index (χ3v) is 2.40. The van der Waals surface area contributed by atoms with Crippen LogP contribution in [0.3, 0.4) is 0 Å². The summed E-state index contributed by atoms with van der Waals surface area (Å²) in [7, 11) is 2.89. The summed E-state index contributed by atoms with van der Waals surface area (Å²) in [6.45, 7) is 0.632. The van der Waals surface area contributed by atoms with Gasteiger partial charge in [-0.3, -0.25) is 9.59 Å². The van der Waals surface area contributed by atoms with Crippen LogP contribution in [-0.2, 0) is 20.9 Å². The van der Waals surface area contributed by atoms with Gasteiger partial charge in [-0.2, -0.15) is 0 Å². The second-order valence-corrected chi connectivity index (χ2v) is 3.67. The predicted molar refractivity (Wildman–Crippen MR) is 66.1 cm³/mol. The van der Waals surface area contributed by atoms with Crippen LogP contribution in [0.5, 0.6) is 0 Å². The van der Waals surface area contributed by atoms with Crippen LogP contribution in [0.1, 0.15) is 22.3 Å². The predicted octanol–water partition coefficient (Wildman–Crippen LogP) is 1.13. The molecule has 0 unspecified atom stereocenters. The van der Waals surface area contributed by atoms with Gasteiger partial charge in [-0.15, -0.1) is 0 Å². The molecule has 5 heteroatoms. The number of hydrogen-bond donors (Lipinski definition) is 1. The standard InChI is InChI=1S/C13H17NO4/c1-17-9-10-5-3-4-6-11(10)13(16)14-8-7-12(15)18-2/h3-6H,7-9H2,1-2H3,(H,14,16). The molecule has 5 nitrogen and oxygen atoms in total. The lowest BCUT2D eigenvalue weighted by Gasteiger charge is -2.09. The molecule has 1 amide bonds. The van der Waals surface area contributed by atoms with E-state index in [1.807, 2.05) is 12.1 Å². The highest BCUT2D eigenvalue weighted by Gasteiger charge is 2.10. The van der Waals surface area contributed by atoms with Crippen molar-refractivity contribution in [2.75, 3.05) is 20.8 Å². The van der Waals surface area contributed by atoms with Crippen LogP contribution >= 0.6 is 0 Å². The van der Waals surface area contributed by atoms with Gasteiger partial charge >= 0.3 is 5.97 Å². The molecule has 0 bridgehead atoms. The number of hydrogen-bond acceptors (Lipinski definition) is 4. The van der Waals surface area contributed by atoms with Crippen molar-refractivity contribution in [3.63, 3.8) is 0 Å². The summed E-state index contributed by atoms with van der Waals surface area (Å²) in [4.78, 5) is 22.8. The smallest absolute Gasteiger partial charge is 0.307 e. The molecule has 0 saturated heterocycles. The zero-order chi connectivity index (χ0) is 13.4. The van der Waals surface area contributed by atoms with Crippen LogP contribution in [0.4, 0.5) is 0 Å². The van der Waals surface area contributed by atoms with Crippen LogP contribution in [0.25, 0.3) is 0 Å². The molecule has 0 aliphatic heterocycles. The Balaban J connectivity index is 2.58. The number of rotatable bonds is 6. The fourth-order valence-corrected chi connectivity index (χ4v) is 1.50. The first-order chi connectivity index (χ1) is 8.69. The number of methoxy groups -OCH3 is 2. The summed E-state index contributed by atoms with van der Waals surface area (Å²) < 4.78 is 9.51. The second-order valence-electron chi connectivity index (χ2n) is 3.67. The Morgan fingerprint density at radius 2 is 1.94 bits per heavy atom. The van der Waals surface area contributed by atoms with Crippen molar-refractivity contribution >= 4 is 11.9 Å². The first-order valence-corrected chi connectivity index (χ1v) is 5.61. The minimum absolute atomic E-state index is 0.161. The molecule has 0 saturated carbocycles. The molecule has 1 aromatic carbocycles. The normalized spacial score (nSPS) is 9.89. The maximum Gasteiger partial charge on any atom is 0.307 e. The highest BCUT2D eigenvalue weighted by Crippen LogP contribution is 2.09. The van der Waals surface area contributed by atoms with E-state index in [0.717, 1.165) is 5.56 Å². The van der Waals surface area contributed by atoms with Crippen LogP contribution in [0.15, 0.2) is 24.3 Å². The fourth-order valence-electron chi connectivity index (χ4n) is 1.50. The number of carbonyl (C=O) groups is 2. The van der Waals surface area contributed by atoms with E-state index in [1.54, 1.807) is 19.2 Å². The van der Waals surface area contributed by atoms with Gasteiger partial charge in [0.25, 0.3) is 5.91 Å². The van der Waals surface area contributed by atoms with E-state index in [4.69, 9.17) is 4.74 Å². The molecule has 0 aliphatic carbocycles. The number of nitrogens with one attached hydrogen (secondary N) is 1. The molecule has 0 atom stereocenters. The van der Waals surface area contributed by atoms with Gasteiger partial charge in [0.15, 0.2) is 0 Å². The second kappa shape index (κ2) is 7.45. The van der Waals surface area contributed by atoms with Gasteiger partial charge in [0.05, 0.1) is 20.1 Å². The van der Waals surface area contributed by atoms with Crippen LogP contribution in [0.2, 0.25) is 0 Å². The monoisotopic (exact) mass is 251 g/mol. The molecule has 1 rings (SSSR count). The van der Waals surface area contributed by atoms with E-state index in [9.17, 15) is 9.59 Å². The first kappa shape index (κ1) is 14.2. The molecular formula is C13H17NO4. The molecule has 0 aromatic heterocycles. The Hall–Kier alpha value is -1.88. The van der Waals surface area contributed by atoms with Crippen LogP contribution in [0, 0.1) is 0 Å². The molecule has 0 aliphatic rings. The molecule has 0 spiro atoms. The largest absolute Gasteiger partial charge is 0.469 e. The molecule has 0 fully saturated rings. The maximum absolute atomic E-state index is 11.9. The molecule has 1 N–H and O–H groups in total. The molecule has 0 radical (unpaired) electrons. The van der Waals surface area contributed by atoms with E-state index in [-0.39, 0.29) is 24.8 Å². The lowest BCUT2D eigenvalue weighted by Crippen LogP contribution is -2.27. The van der Waals surface area contributed by atoms with Gasteiger partial charge in [0.2, 0.25) is 0 Å². The van der Waals surface area contributed by atoms with E-state index in [1.165, 1.54) is 7.11 Å². The maximum atomic E-state index is 11.9. The lowest BCUT2D eigenvalue weighted by atomic mass is 10.1. The molecule has 0 heterocycles. The summed E-state index contributed by atoms with van der Waals surface area (Å²) in [5.41, 5.74) is 1.37. The van der Waals surface area contributed by atoms with Gasteiger partial charge in [-0.25, -0.2) is 0 Å². The molecule has 98 valence electrons. The molecule has 18 heavy (non-hydrogen) atoms. The van der Waals surface area contributed by atoms with Gasteiger partial charge in [-0.05, 0) is 11.6 Å². The summed E-state index contributed by atoms with van der Waals surface area (Å²) in [6.07, 6.45) is 0.161. The summed E-state index contributed by atoms with van der Waals surface area (Å²) >= 11 is 0. The summed E-state index contributed by atoms with van der Waals surface area (Å²) in [6, 6.07) is 7.19. The van der Waals surface area contributed by atoms with Crippen molar-refractivity contribution in [2.45, 2.75) is 13.0 Å². The number of esters is 1. The average Bonchev–Trinajstić information content (AvgIpc) is 2.39. The number of carbonyl (C=O) groups excluding carboxylic acids is 2. The van der Waals surface area contributed by atoms with Gasteiger partial charge in [-0.1, -0.05) is 18.2 Å². The summed E-state index contributed by atoms with van der Waals surface area (Å²) in [5.74, 6) is -0.563. The van der Waals surface area contributed by atoms with Crippen molar-refractivity contribution in [2.24, 2.45) is 0 Å². The number of benzene rings is 1. The highest BCUT2D eigenvalue weighted by atomic mass is 16.5. The minimum atomic E-state index is -0.347. The Kier molecular flexibility index (Phi) is 5.87. The average molecular weight is 251 g/mol. The van der Waals surface area contributed by atoms with Crippen molar-refractivity contribution in [1.29, 1.82) is 0 Å². The number of amides is 1. The Labute approximate surface area is 106 Å². The zero-order valence-electron chi connectivity index (χ0n) is 10.6. The lowest BCUT2D eigenvalue weighted by molar-refractivity contribution is -0.140. The van der Waals surface area contributed by atoms with Crippen LogP contribution < -0.4 is 5.32 Å². The molecule has 1 aromatic rings. The highest BCUT2D eigenvalue weighted by molar-refractivity contribution is 5.95. The fraction of sp³-hybridized carbons (Fsp3) is 0.385. The van der Waals surface area contributed by atoms with Crippen molar-refractivity contribution in [3.8, 4) is 0 Å². The Morgan fingerprint density at radius 3 is 2.61 bits per heavy atom. The first-order valence-electron chi connectivity index (χ1n) is 5.61. The molecular weight excluding hydrogens is 234 g/mol. The Bertz CT molecular complexity index is 417. The minimum Gasteiger partial charge on any atom is -0.469 e. The topological polar surface area (TPSA) is 64.6 Å². The van der Waals surface area contributed by atoms with E-state index in [2.05, 4.69) is 10.1 Å². The SMILES string of the molecule is COCc1ccccc1C(=O)NCCC(=O)OC. The quantitative estimate of drug-likeness (QED) is 0.770. The Morgan fingerprint density at radius 1 is 1.22 bits per heavy atom. The third kappa shape index (κ3) is 4.18. The van der Waals surface area contributed by atoms with E-state index in [0.29, 0.717) is 12.2 Å². The van der Waals surface area contributed by atoms with Crippen LogP contribution in [-0.4, -0.2) is 32.6 Å². The zero-order valence-corrected chi connectivity index (χ0v) is 10.6. The van der Waals surface area contributed by atoms with E-state index < -0.39 is 0 Å². The van der Waals surface area contributed by atoms with E-state index >= 15 is 0 Å². The van der Waals surface area contributed by atoms with Crippen molar-refractivity contribution in [1.82, 2.24) is 5.32 Å².